The van der Waals surface area contributed by atoms with Crippen LogP contribution in [0.15, 0.2) is 47.4 Å². The van der Waals surface area contributed by atoms with Gasteiger partial charge in [-0.05, 0) is 50.2 Å². The van der Waals surface area contributed by atoms with E-state index in [2.05, 4.69) is 5.32 Å². The molecule has 6 nitrogen and oxygen atoms in total. The Balaban J connectivity index is 2.33. The van der Waals surface area contributed by atoms with Gasteiger partial charge in [0.05, 0.1) is 17.7 Å². The summed E-state index contributed by atoms with van der Waals surface area (Å²) in [6.07, 6.45) is 0. The van der Waals surface area contributed by atoms with Gasteiger partial charge in [-0.3, -0.25) is 4.79 Å². The zero-order chi connectivity index (χ0) is 19.5. The van der Waals surface area contributed by atoms with Crippen molar-refractivity contribution < 1.29 is 17.9 Å². The van der Waals surface area contributed by atoms with Crippen molar-refractivity contribution in [3.8, 4) is 5.75 Å². The molecule has 0 unspecified atom stereocenters. The third-order valence-corrected chi connectivity index (χ3v) is 6.17. The van der Waals surface area contributed by atoms with Crippen molar-refractivity contribution in [3.63, 3.8) is 0 Å². The maximum Gasteiger partial charge on any atom is 0.255 e. The number of sulfonamides is 1. The van der Waals surface area contributed by atoms with Crippen LogP contribution in [0, 0.1) is 0 Å². The fourth-order valence-corrected chi connectivity index (χ4v) is 3.80. The SMILES string of the molecule is COc1ccc(Cl)cc1NC(=O)c1cccc(S(=O)(=O)N(C)C(C)C)c1. The van der Waals surface area contributed by atoms with Crippen LogP contribution in [0.2, 0.25) is 5.02 Å². The van der Waals surface area contributed by atoms with E-state index in [1.54, 1.807) is 38.1 Å². The summed E-state index contributed by atoms with van der Waals surface area (Å²) in [6.45, 7) is 3.55. The summed E-state index contributed by atoms with van der Waals surface area (Å²) in [4.78, 5) is 12.6. The topological polar surface area (TPSA) is 75.7 Å². The highest BCUT2D eigenvalue weighted by Gasteiger charge is 2.24. The molecule has 2 aromatic rings. The summed E-state index contributed by atoms with van der Waals surface area (Å²) in [7, 11) is -0.696. The van der Waals surface area contributed by atoms with Gasteiger partial charge < -0.3 is 10.1 Å². The van der Waals surface area contributed by atoms with Crippen LogP contribution in [0.25, 0.3) is 0 Å². The van der Waals surface area contributed by atoms with E-state index in [-0.39, 0.29) is 16.5 Å². The second-order valence-electron chi connectivity index (χ2n) is 5.94. The van der Waals surface area contributed by atoms with Crippen LogP contribution < -0.4 is 10.1 Å². The third-order valence-electron chi connectivity index (χ3n) is 3.91. The normalized spacial score (nSPS) is 11.7. The first-order chi connectivity index (χ1) is 12.2. The molecule has 0 saturated heterocycles. The van der Waals surface area contributed by atoms with Crippen molar-refractivity contribution in [3.05, 3.63) is 53.1 Å². The summed E-state index contributed by atoms with van der Waals surface area (Å²) in [5, 5.41) is 3.13. The molecule has 0 aromatic heterocycles. The van der Waals surface area contributed by atoms with Crippen LogP contribution in [-0.4, -0.2) is 38.8 Å². The summed E-state index contributed by atoms with van der Waals surface area (Å²) >= 11 is 5.96. The number of methoxy groups -OCH3 is 1. The van der Waals surface area contributed by atoms with Gasteiger partial charge in [0.1, 0.15) is 5.75 Å². The number of benzene rings is 2. The lowest BCUT2D eigenvalue weighted by atomic mass is 10.2. The van der Waals surface area contributed by atoms with Gasteiger partial charge in [0.25, 0.3) is 5.91 Å². The molecule has 140 valence electrons. The minimum absolute atomic E-state index is 0.0550. The molecule has 0 atom stereocenters. The van der Waals surface area contributed by atoms with Gasteiger partial charge in [-0.1, -0.05) is 17.7 Å². The molecular weight excluding hydrogens is 376 g/mol. The number of hydrogen-bond donors (Lipinski definition) is 1. The van der Waals surface area contributed by atoms with Crippen LogP contribution in [0.4, 0.5) is 5.69 Å². The van der Waals surface area contributed by atoms with E-state index in [9.17, 15) is 13.2 Å². The summed E-state index contributed by atoms with van der Waals surface area (Å²) in [5.74, 6) is -0.0131. The van der Waals surface area contributed by atoms with E-state index in [1.165, 1.54) is 36.7 Å². The van der Waals surface area contributed by atoms with Crippen molar-refractivity contribution in [2.24, 2.45) is 0 Å². The zero-order valence-electron chi connectivity index (χ0n) is 15.0. The van der Waals surface area contributed by atoms with Crippen LogP contribution in [0.3, 0.4) is 0 Å². The maximum absolute atomic E-state index is 12.6. The lowest BCUT2D eigenvalue weighted by Crippen LogP contribution is -2.33. The Morgan fingerprint density at radius 2 is 1.88 bits per heavy atom. The summed E-state index contributed by atoms with van der Waals surface area (Å²) in [5.41, 5.74) is 0.614. The predicted molar refractivity (Wildman–Crippen MR) is 102 cm³/mol. The minimum Gasteiger partial charge on any atom is -0.495 e. The van der Waals surface area contributed by atoms with Crippen molar-refractivity contribution >= 4 is 33.2 Å². The molecule has 2 rings (SSSR count). The molecule has 0 radical (unpaired) electrons. The Labute approximate surface area is 158 Å². The smallest absolute Gasteiger partial charge is 0.255 e. The average Bonchev–Trinajstić information content (AvgIpc) is 2.61. The van der Waals surface area contributed by atoms with Gasteiger partial charge in [-0.15, -0.1) is 0 Å². The first-order valence-electron chi connectivity index (χ1n) is 7.90. The molecule has 0 aliphatic carbocycles. The molecule has 0 spiro atoms. The Bertz CT molecular complexity index is 913. The molecule has 0 aliphatic rings. The maximum atomic E-state index is 12.6. The van der Waals surface area contributed by atoms with Crippen molar-refractivity contribution in [2.45, 2.75) is 24.8 Å². The molecule has 1 N–H and O–H groups in total. The van der Waals surface area contributed by atoms with Gasteiger partial charge in [-0.2, -0.15) is 4.31 Å². The van der Waals surface area contributed by atoms with E-state index >= 15 is 0 Å². The molecule has 26 heavy (non-hydrogen) atoms. The van der Waals surface area contributed by atoms with E-state index in [0.717, 1.165) is 0 Å². The number of carbonyl (C=O) groups excluding carboxylic acids is 1. The predicted octanol–water partition coefficient (Wildman–Crippen LogP) is 3.63. The van der Waals surface area contributed by atoms with Crippen molar-refractivity contribution in [1.29, 1.82) is 0 Å². The quantitative estimate of drug-likeness (QED) is 0.808. The van der Waals surface area contributed by atoms with Gasteiger partial charge in [-0.25, -0.2) is 8.42 Å². The third kappa shape index (κ3) is 4.35. The molecule has 0 aliphatic heterocycles. The van der Waals surface area contributed by atoms with Gasteiger partial charge in [0.15, 0.2) is 0 Å². The number of halogens is 1. The highest BCUT2D eigenvalue weighted by molar-refractivity contribution is 7.89. The summed E-state index contributed by atoms with van der Waals surface area (Å²) < 4.78 is 31.7. The molecular formula is C18H21ClN2O4S. The molecule has 8 heteroatoms. The number of rotatable bonds is 6. The standard InChI is InChI=1S/C18H21ClN2O4S/c1-12(2)21(3)26(23,24)15-7-5-6-13(10-15)18(22)20-16-11-14(19)8-9-17(16)25-4/h5-12H,1-4H3,(H,20,22). The first-order valence-corrected chi connectivity index (χ1v) is 9.71. The number of carbonyl (C=O) groups is 1. The highest BCUT2D eigenvalue weighted by atomic mass is 35.5. The van der Waals surface area contributed by atoms with Crippen molar-refractivity contribution in [2.75, 3.05) is 19.5 Å². The van der Waals surface area contributed by atoms with Crippen LogP contribution in [0.1, 0.15) is 24.2 Å². The van der Waals surface area contributed by atoms with E-state index in [1.807, 2.05) is 0 Å². The van der Waals surface area contributed by atoms with Gasteiger partial charge in [0, 0.05) is 23.7 Å². The number of anilines is 1. The van der Waals surface area contributed by atoms with E-state index in [4.69, 9.17) is 16.3 Å². The largest absolute Gasteiger partial charge is 0.495 e. The highest BCUT2D eigenvalue weighted by Crippen LogP contribution is 2.28. The van der Waals surface area contributed by atoms with Crippen LogP contribution >= 0.6 is 11.6 Å². The lowest BCUT2D eigenvalue weighted by molar-refractivity contribution is 0.102. The number of hydrogen-bond acceptors (Lipinski definition) is 4. The second kappa shape index (κ2) is 8.07. The molecule has 0 fully saturated rings. The number of nitrogens with zero attached hydrogens (tertiary/aromatic N) is 1. The zero-order valence-corrected chi connectivity index (χ0v) is 16.6. The first kappa shape index (κ1) is 20.2. The minimum atomic E-state index is -3.68. The average molecular weight is 397 g/mol. The Kier molecular flexibility index (Phi) is 6.28. The Morgan fingerprint density at radius 3 is 2.50 bits per heavy atom. The van der Waals surface area contributed by atoms with Gasteiger partial charge in [0.2, 0.25) is 10.0 Å². The van der Waals surface area contributed by atoms with E-state index in [0.29, 0.717) is 16.5 Å². The van der Waals surface area contributed by atoms with E-state index < -0.39 is 15.9 Å². The lowest BCUT2D eigenvalue weighted by Gasteiger charge is -2.21. The fourth-order valence-electron chi connectivity index (χ4n) is 2.21. The molecule has 0 bridgehead atoms. The van der Waals surface area contributed by atoms with Crippen molar-refractivity contribution in [1.82, 2.24) is 4.31 Å². The number of nitrogens with one attached hydrogen (secondary N) is 1. The number of ether oxygens (including phenoxy) is 1. The monoisotopic (exact) mass is 396 g/mol. The summed E-state index contributed by atoms with van der Waals surface area (Å²) in [6, 6.07) is 10.5. The van der Waals surface area contributed by atoms with Crippen LogP contribution in [-0.2, 0) is 10.0 Å². The second-order valence-corrected chi connectivity index (χ2v) is 8.38. The Hall–Kier alpha value is -2.09. The molecule has 2 aromatic carbocycles. The van der Waals surface area contributed by atoms with Crippen LogP contribution in [0.5, 0.6) is 5.75 Å². The van der Waals surface area contributed by atoms with Gasteiger partial charge >= 0.3 is 0 Å². The number of amides is 1. The fraction of sp³-hybridized carbons (Fsp3) is 0.278. The Morgan fingerprint density at radius 1 is 1.19 bits per heavy atom. The molecule has 0 saturated carbocycles. The molecule has 0 heterocycles. The molecule has 1 amide bonds.